The molecule has 9 heavy (non-hydrogen) atoms. The highest BCUT2D eigenvalue weighted by atomic mass is 32.2. The molecule has 0 amide bonds. The van der Waals surface area contributed by atoms with Gasteiger partial charge in [0.05, 0.1) is 5.03 Å². The van der Waals surface area contributed by atoms with Crippen LogP contribution in [0.4, 0.5) is 0 Å². The number of hydrogen-bond donors (Lipinski definition) is 0. The molecule has 0 saturated carbocycles. The van der Waals surface area contributed by atoms with Crippen molar-refractivity contribution in [2.45, 2.75) is 0 Å². The summed E-state index contributed by atoms with van der Waals surface area (Å²) in [4.78, 5) is 2.12. The molecular weight excluding hydrogens is 132 g/mol. The minimum Gasteiger partial charge on any atom is -0.321 e. The van der Waals surface area contributed by atoms with Gasteiger partial charge in [-0.1, -0.05) is 12.2 Å². The Kier molecular flexibility index (Phi) is 1.09. The first-order valence-electron chi connectivity index (χ1n) is 2.81. The number of fused-ring (bicyclic) bond motifs is 1. The Morgan fingerprint density at radius 3 is 3.56 bits per heavy atom. The molecular formula is C6H6N2S. The molecule has 0 spiro atoms. The Morgan fingerprint density at radius 1 is 1.67 bits per heavy atom. The van der Waals surface area contributed by atoms with Crippen LogP contribution >= 0.6 is 11.9 Å². The summed E-state index contributed by atoms with van der Waals surface area (Å²) in [7, 11) is 0. The minimum atomic E-state index is 0.975. The SMILES string of the molecule is C1=CCN2C=NSC2=C1. The van der Waals surface area contributed by atoms with Gasteiger partial charge in [-0.15, -0.1) is 0 Å². The Morgan fingerprint density at radius 2 is 2.67 bits per heavy atom. The van der Waals surface area contributed by atoms with E-state index in [2.05, 4.69) is 27.5 Å². The molecule has 0 aromatic heterocycles. The molecule has 2 heterocycles. The third-order valence-electron chi connectivity index (χ3n) is 1.29. The number of hydrogen-bond acceptors (Lipinski definition) is 3. The highest BCUT2D eigenvalue weighted by Crippen LogP contribution is 2.27. The van der Waals surface area contributed by atoms with Crippen molar-refractivity contribution in [3.63, 3.8) is 0 Å². The fourth-order valence-corrected chi connectivity index (χ4v) is 1.47. The molecule has 0 bridgehead atoms. The summed E-state index contributed by atoms with van der Waals surface area (Å²) in [6, 6.07) is 0. The second-order valence-corrected chi connectivity index (χ2v) is 2.71. The van der Waals surface area contributed by atoms with Crippen molar-refractivity contribution in [1.29, 1.82) is 0 Å². The van der Waals surface area contributed by atoms with Gasteiger partial charge >= 0.3 is 0 Å². The van der Waals surface area contributed by atoms with Crippen LogP contribution in [0.1, 0.15) is 0 Å². The van der Waals surface area contributed by atoms with Gasteiger partial charge in [0.2, 0.25) is 0 Å². The Bertz CT molecular complexity index is 205. The Labute approximate surface area is 58.1 Å². The first-order valence-corrected chi connectivity index (χ1v) is 3.58. The summed E-state index contributed by atoms with van der Waals surface area (Å²) >= 11 is 1.53. The number of rotatable bonds is 0. The van der Waals surface area contributed by atoms with Crippen LogP contribution in [-0.4, -0.2) is 17.8 Å². The Balaban J connectivity index is 2.29. The fraction of sp³-hybridized carbons (Fsp3) is 0.167. The molecule has 2 aliphatic rings. The van der Waals surface area contributed by atoms with Gasteiger partial charge in [-0.3, -0.25) is 0 Å². The Hall–Kier alpha value is -0.700. The van der Waals surface area contributed by atoms with Gasteiger partial charge in [-0.2, -0.15) is 4.40 Å². The summed E-state index contributed by atoms with van der Waals surface area (Å²) < 4.78 is 4.04. The van der Waals surface area contributed by atoms with E-state index in [1.165, 1.54) is 17.0 Å². The summed E-state index contributed by atoms with van der Waals surface area (Å²) in [5, 5.41) is 1.23. The van der Waals surface area contributed by atoms with E-state index in [1.54, 1.807) is 0 Å². The lowest BCUT2D eigenvalue weighted by molar-refractivity contribution is 0.629. The van der Waals surface area contributed by atoms with Crippen molar-refractivity contribution < 1.29 is 0 Å². The van der Waals surface area contributed by atoms with E-state index in [0.717, 1.165) is 6.54 Å². The van der Waals surface area contributed by atoms with E-state index < -0.39 is 0 Å². The van der Waals surface area contributed by atoms with Crippen molar-refractivity contribution in [3.8, 4) is 0 Å². The standard InChI is InChI=1S/C6H6N2S/c1-2-4-8-5-7-9-6(8)3-1/h1-3,5H,4H2. The zero-order valence-electron chi connectivity index (χ0n) is 4.82. The summed E-state index contributed by atoms with van der Waals surface area (Å²) in [6.07, 6.45) is 8.11. The normalized spacial score (nSPS) is 22.2. The fourth-order valence-electron chi connectivity index (χ4n) is 0.832. The highest BCUT2D eigenvalue weighted by Gasteiger charge is 2.12. The number of nitrogens with zero attached hydrogens (tertiary/aromatic N) is 2. The van der Waals surface area contributed by atoms with Gasteiger partial charge in [-0.05, 0) is 6.08 Å². The van der Waals surface area contributed by atoms with Crippen molar-refractivity contribution in [2.75, 3.05) is 6.54 Å². The van der Waals surface area contributed by atoms with Crippen LogP contribution in [0, 0.1) is 0 Å². The average molecular weight is 138 g/mol. The second-order valence-electron chi connectivity index (χ2n) is 1.90. The first kappa shape index (κ1) is 5.11. The van der Waals surface area contributed by atoms with Crippen molar-refractivity contribution >= 4 is 18.3 Å². The molecule has 0 saturated heterocycles. The van der Waals surface area contributed by atoms with Gasteiger partial charge in [0.1, 0.15) is 6.34 Å². The first-order chi connectivity index (χ1) is 4.47. The molecule has 0 aliphatic carbocycles. The molecule has 0 fully saturated rings. The lowest BCUT2D eigenvalue weighted by Crippen LogP contribution is -2.17. The van der Waals surface area contributed by atoms with E-state index in [-0.39, 0.29) is 0 Å². The van der Waals surface area contributed by atoms with E-state index in [4.69, 9.17) is 0 Å². The van der Waals surface area contributed by atoms with Crippen LogP contribution in [-0.2, 0) is 0 Å². The smallest absolute Gasteiger partial charge is 0.105 e. The highest BCUT2D eigenvalue weighted by molar-refractivity contribution is 8.02. The van der Waals surface area contributed by atoms with Gasteiger partial charge in [0.15, 0.2) is 0 Å². The molecule has 0 aromatic carbocycles. The summed E-state index contributed by atoms with van der Waals surface area (Å²) in [6.45, 7) is 0.975. The molecule has 0 N–H and O–H groups in total. The lowest BCUT2D eigenvalue weighted by Gasteiger charge is -2.14. The van der Waals surface area contributed by atoms with Gasteiger partial charge in [-0.25, -0.2) is 0 Å². The monoisotopic (exact) mass is 138 g/mol. The third-order valence-corrected chi connectivity index (χ3v) is 2.05. The summed E-state index contributed by atoms with van der Waals surface area (Å²) in [5.74, 6) is 0. The zero-order chi connectivity index (χ0) is 6.10. The van der Waals surface area contributed by atoms with Crippen molar-refractivity contribution in [2.24, 2.45) is 4.40 Å². The minimum absolute atomic E-state index is 0.975. The lowest BCUT2D eigenvalue weighted by atomic mass is 10.4. The van der Waals surface area contributed by atoms with Crippen LogP contribution in [0.3, 0.4) is 0 Å². The van der Waals surface area contributed by atoms with Crippen LogP contribution in [0.5, 0.6) is 0 Å². The summed E-state index contributed by atoms with van der Waals surface area (Å²) in [5.41, 5.74) is 0. The molecule has 2 nitrogen and oxygen atoms in total. The largest absolute Gasteiger partial charge is 0.321 e. The van der Waals surface area contributed by atoms with Crippen LogP contribution in [0.2, 0.25) is 0 Å². The van der Waals surface area contributed by atoms with E-state index in [0.29, 0.717) is 0 Å². The molecule has 0 radical (unpaired) electrons. The molecule has 0 atom stereocenters. The van der Waals surface area contributed by atoms with Crippen LogP contribution in [0.25, 0.3) is 0 Å². The maximum atomic E-state index is 4.04. The topological polar surface area (TPSA) is 15.6 Å². The van der Waals surface area contributed by atoms with Crippen molar-refractivity contribution in [3.05, 3.63) is 23.3 Å². The van der Waals surface area contributed by atoms with Gasteiger partial charge in [0, 0.05) is 18.5 Å². The molecule has 0 aromatic rings. The van der Waals surface area contributed by atoms with Gasteiger partial charge < -0.3 is 4.90 Å². The van der Waals surface area contributed by atoms with Crippen molar-refractivity contribution in [1.82, 2.24) is 4.90 Å². The molecule has 46 valence electrons. The molecule has 2 aliphatic heterocycles. The van der Waals surface area contributed by atoms with Crippen LogP contribution in [0.15, 0.2) is 27.7 Å². The molecule has 3 heteroatoms. The predicted molar refractivity (Wildman–Crippen MR) is 40.0 cm³/mol. The second kappa shape index (κ2) is 1.92. The quantitative estimate of drug-likeness (QED) is 0.470. The third kappa shape index (κ3) is 0.772. The van der Waals surface area contributed by atoms with E-state index >= 15 is 0 Å². The predicted octanol–water partition coefficient (Wildman–Crippen LogP) is 1.39. The molecule has 2 rings (SSSR count). The average Bonchev–Trinajstić information content (AvgIpc) is 2.33. The van der Waals surface area contributed by atoms with E-state index in [1.807, 2.05) is 6.34 Å². The van der Waals surface area contributed by atoms with Crippen LogP contribution < -0.4 is 0 Å². The maximum Gasteiger partial charge on any atom is 0.105 e. The zero-order valence-corrected chi connectivity index (χ0v) is 5.64. The maximum absolute atomic E-state index is 4.04. The number of allylic oxidation sites excluding steroid dienone is 2. The van der Waals surface area contributed by atoms with Gasteiger partial charge in [0.25, 0.3) is 0 Å². The molecule has 0 unspecified atom stereocenters. The van der Waals surface area contributed by atoms with E-state index in [9.17, 15) is 0 Å².